The second-order valence-corrected chi connectivity index (χ2v) is 7.95. The minimum absolute atomic E-state index is 0.275. The molecule has 4 rings (SSSR count). The van der Waals surface area contributed by atoms with Gasteiger partial charge in [-0.2, -0.15) is 0 Å². The Morgan fingerprint density at radius 2 is 1.62 bits per heavy atom. The van der Waals surface area contributed by atoms with Gasteiger partial charge in [-0.3, -0.25) is 19.3 Å². The number of anilines is 3. The van der Waals surface area contributed by atoms with Gasteiger partial charge < -0.3 is 16.0 Å². The van der Waals surface area contributed by atoms with Gasteiger partial charge >= 0.3 is 0 Å². The van der Waals surface area contributed by atoms with Crippen molar-refractivity contribution in [1.82, 2.24) is 25.2 Å². The summed E-state index contributed by atoms with van der Waals surface area (Å²) >= 11 is 0. The molecule has 174 valence electrons. The Balaban J connectivity index is 1.30. The van der Waals surface area contributed by atoms with Crippen molar-refractivity contribution < 1.29 is 14.4 Å². The number of nitrogens with one attached hydrogen (secondary N) is 3. The smallest absolute Gasteiger partial charge is 0.262 e. The maximum absolute atomic E-state index is 12.6. The number of nitrogens with zero attached hydrogens (tertiary/aromatic N) is 4. The topological polar surface area (TPSA) is 129 Å². The lowest BCUT2D eigenvalue weighted by Gasteiger charge is -2.21. The molecule has 0 spiro atoms. The van der Waals surface area contributed by atoms with E-state index in [0.29, 0.717) is 40.9 Å². The molecular formula is C24H25N7O3. The fourth-order valence-corrected chi connectivity index (χ4v) is 3.66. The Morgan fingerprint density at radius 3 is 2.29 bits per heavy atom. The maximum atomic E-state index is 12.6. The van der Waals surface area contributed by atoms with Crippen molar-refractivity contribution in [3.05, 3.63) is 71.2 Å². The van der Waals surface area contributed by atoms with Crippen LogP contribution in [-0.2, 0) is 4.79 Å². The molecule has 1 aliphatic rings. The van der Waals surface area contributed by atoms with E-state index in [-0.39, 0.29) is 6.54 Å². The second kappa shape index (κ2) is 9.65. The van der Waals surface area contributed by atoms with Gasteiger partial charge in [0.15, 0.2) is 0 Å². The van der Waals surface area contributed by atoms with Gasteiger partial charge in [-0.1, -0.05) is 12.1 Å². The van der Waals surface area contributed by atoms with E-state index in [1.807, 2.05) is 19.1 Å². The average molecular weight is 460 g/mol. The van der Waals surface area contributed by atoms with Gasteiger partial charge in [0.2, 0.25) is 5.91 Å². The van der Waals surface area contributed by atoms with Crippen LogP contribution < -0.4 is 16.0 Å². The predicted molar refractivity (Wildman–Crippen MR) is 127 cm³/mol. The third-order valence-corrected chi connectivity index (χ3v) is 5.33. The summed E-state index contributed by atoms with van der Waals surface area (Å²) in [4.78, 5) is 51.7. The van der Waals surface area contributed by atoms with Gasteiger partial charge in [0.1, 0.15) is 29.3 Å². The summed E-state index contributed by atoms with van der Waals surface area (Å²) in [7, 11) is 0. The first kappa shape index (κ1) is 22.8. The molecule has 1 unspecified atom stereocenters. The number of fused-ring (bicyclic) bond motifs is 1. The standard InChI is InChI=1S/C24H25N7O3/c1-14-8-9-25-19(12-14)30-21-13-20(28-16(3)29-21)26-10-11-27-22(32)15(2)31-23(33)17-6-4-5-7-18(17)24(31)34/h4-9,12-13,15H,10-11H2,1-3H3,(H,27,32)(H2,25,26,28,29,30). The number of hydrogen-bond donors (Lipinski definition) is 3. The normalized spacial score (nSPS) is 13.4. The fourth-order valence-electron chi connectivity index (χ4n) is 3.66. The predicted octanol–water partition coefficient (Wildman–Crippen LogP) is 2.44. The van der Waals surface area contributed by atoms with Crippen LogP contribution in [0, 0.1) is 13.8 Å². The average Bonchev–Trinajstić information content (AvgIpc) is 3.06. The van der Waals surface area contributed by atoms with Gasteiger partial charge in [0, 0.05) is 25.4 Å². The molecule has 0 radical (unpaired) electrons. The SMILES string of the molecule is Cc1ccnc(Nc2cc(NCCNC(=O)C(C)N3C(=O)c4ccccc4C3=O)nc(C)n2)c1. The zero-order chi connectivity index (χ0) is 24.2. The van der Waals surface area contributed by atoms with E-state index in [9.17, 15) is 14.4 Å². The van der Waals surface area contributed by atoms with Crippen molar-refractivity contribution in [2.45, 2.75) is 26.8 Å². The van der Waals surface area contributed by atoms with Crippen LogP contribution in [0.15, 0.2) is 48.7 Å². The van der Waals surface area contributed by atoms with E-state index in [1.165, 1.54) is 6.92 Å². The minimum Gasteiger partial charge on any atom is -0.368 e. The van der Waals surface area contributed by atoms with Crippen LogP contribution in [-0.4, -0.2) is 56.7 Å². The molecule has 0 fully saturated rings. The first-order chi connectivity index (χ1) is 16.3. The van der Waals surface area contributed by atoms with E-state index in [0.717, 1.165) is 10.5 Å². The van der Waals surface area contributed by atoms with Crippen LogP contribution in [0.25, 0.3) is 0 Å². The Labute approximate surface area is 196 Å². The van der Waals surface area contributed by atoms with Gasteiger partial charge in [0.05, 0.1) is 11.1 Å². The van der Waals surface area contributed by atoms with Gasteiger partial charge in [-0.25, -0.2) is 15.0 Å². The number of aromatic nitrogens is 3. The van der Waals surface area contributed by atoms with Crippen LogP contribution in [0.3, 0.4) is 0 Å². The number of rotatable bonds is 8. The number of carbonyl (C=O) groups excluding carboxylic acids is 3. The maximum Gasteiger partial charge on any atom is 0.262 e. The van der Waals surface area contributed by atoms with E-state index in [2.05, 4.69) is 30.9 Å². The molecule has 3 amide bonds. The molecular weight excluding hydrogens is 434 g/mol. The molecule has 3 N–H and O–H groups in total. The van der Waals surface area contributed by atoms with Crippen LogP contribution >= 0.6 is 0 Å². The Kier molecular flexibility index (Phi) is 6.48. The van der Waals surface area contributed by atoms with Crippen LogP contribution in [0.4, 0.5) is 17.5 Å². The molecule has 3 aromatic rings. The molecule has 3 heterocycles. The van der Waals surface area contributed by atoms with Gasteiger partial charge in [-0.05, 0) is 50.6 Å². The molecule has 1 atom stereocenters. The van der Waals surface area contributed by atoms with E-state index in [1.54, 1.807) is 43.5 Å². The lowest BCUT2D eigenvalue weighted by molar-refractivity contribution is -0.124. The molecule has 2 aromatic heterocycles. The molecule has 10 heteroatoms. The number of imide groups is 1. The fraction of sp³-hybridized carbons (Fsp3) is 0.250. The van der Waals surface area contributed by atoms with Crippen molar-refractivity contribution in [3.8, 4) is 0 Å². The number of benzene rings is 1. The number of pyridine rings is 1. The lowest BCUT2D eigenvalue weighted by Crippen LogP contribution is -2.48. The lowest BCUT2D eigenvalue weighted by atomic mass is 10.1. The molecule has 0 aliphatic carbocycles. The summed E-state index contributed by atoms with van der Waals surface area (Å²) < 4.78 is 0. The second-order valence-electron chi connectivity index (χ2n) is 7.95. The highest BCUT2D eigenvalue weighted by Crippen LogP contribution is 2.24. The molecule has 0 bridgehead atoms. The van der Waals surface area contributed by atoms with E-state index < -0.39 is 23.8 Å². The number of hydrogen-bond acceptors (Lipinski definition) is 8. The monoisotopic (exact) mass is 459 g/mol. The number of amides is 3. The molecule has 10 nitrogen and oxygen atoms in total. The van der Waals surface area contributed by atoms with Crippen LogP contribution in [0.5, 0.6) is 0 Å². The Morgan fingerprint density at radius 1 is 0.941 bits per heavy atom. The van der Waals surface area contributed by atoms with E-state index in [4.69, 9.17) is 0 Å². The number of carbonyl (C=O) groups is 3. The molecule has 1 aromatic carbocycles. The summed E-state index contributed by atoms with van der Waals surface area (Å²) in [6.45, 7) is 5.96. The van der Waals surface area contributed by atoms with Crippen LogP contribution in [0.1, 0.15) is 39.0 Å². The summed E-state index contributed by atoms with van der Waals surface area (Å²) in [5, 5.41) is 9.06. The number of aryl methyl sites for hydroxylation is 2. The summed E-state index contributed by atoms with van der Waals surface area (Å²) in [6.07, 6.45) is 1.72. The highest BCUT2D eigenvalue weighted by Gasteiger charge is 2.40. The summed E-state index contributed by atoms with van der Waals surface area (Å²) in [5.74, 6) is 1.11. The zero-order valence-corrected chi connectivity index (χ0v) is 19.1. The highest BCUT2D eigenvalue weighted by molar-refractivity contribution is 6.22. The zero-order valence-electron chi connectivity index (χ0n) is 19.1. The minimum atomic E-state index is -0.925. The Bertz CT molecular complexity index is 1230. The van der Waals surface area contributed by atoms with Gasteiger partial charge in [0.25, 0.3) is 11.8 Å². The largest absolute Gasteiger partial charge is 0.368 e. The Hall–Kier alpha value is -4.34. The van der Waals surface area contributed by atoms with Crippen molar-refractivity contribution >= 4 is 35.2 Å². The van der Waals surface area contributed by atoms with Crippen molar-refractivity contribution in [3.63, 3.8) is 0 Å². The van der Waals surface area contributed by atoms with Crippen molar-refractivity contribution in [2.75, 3.05) is 23.7 Å². The van der Waals surface area contributed by atoms with Crippen molar-refractivity contribution in [1.29, 1.82) is 0 Å². The summed E-state index contributed by atoms with van der Waals surface area (Å²) in [6, 6.07) is 11.2. The highest BCUT2D eigenvalue weighted by atomic mass is 16.2. The third kappa shape index (κ3) is 4.85. The van der Waals surface area contributed by atoms with Crippen molar-refractivity contribution in [2.24, 2.45) is 0 Å². The molecule has 0 saturated carbocycles. The molecule has 1 aliphatic heterocycles. The van der Waals surface area contributed by atoms with Gasteiger partial charge in [-0.15, -0.1) is 0 Å². The third-order valence-electron chi connectivity index (χ3n) is 5.33. The van der Waals surface area contributed by atoms with E-state index >= 15 is 0 Å². The molecule has 34 heavy (non-hydrogen) atoms. The molecule has 0 saturated heterocycles. The quantitative estimate of drug-likeness (QED) is 0.346. The summed E-state index contributed by atoms with van der Waals surface area (Å²) in [5.41, 5.74) is 1.71. The van der Waals surface area contributed by atoms with Crippen LogP contribution in [0.2, 0.25) is 0 Å². The first-order valence-electron chi connectivity index (χ1n) is 10.9. The first-order valence-corrected chi connectivity index (χ1v) is 10.9.